The molecular weight excluding hydrogens is 492 g/mol. The van der Waals surface area contributed by atoms with Gasteiger partial charge in [-0.05, 0) is 38.4 Å². The van der Waals surface area contributed by atoms with Crippen molar-refractivity contribution in [1.82, 2.24) is 9.47 Å². The van der Waals surface area contributed by atoms with E-state index in [0.29, 0.717) is 17.2 Å². The molecule has 7 nitrogen and oxygen atoms in total. The molecular formula is C20H27FIN3O4. The van der Waals surface area contributed by atoms with Gasteiger partial charge in [0.05, 0.1) is 11.2 Å². The fourth-order valence-corrected chi connectivity index (χ4v) is 4.09. The zero-order valence-corrected chi connectivity index (χ0v) is 18.9. The molecule has 0 bridgehead atoms. The number of hydrogen-bond donors (Lipinski definition) is 1. The summed E-state index contributed by atoms with van der Waals surface area (Å²) in [6.07, 6.45) is 3.30. The van der Waals surface area contributed by atoms with Crippen molar-refractivity contribution < 1.29 is 19.8 Å². The summed E-state index contributed by atoms with van der Waals surface area (Å²) in [5, 5.41) is 9.48. The van der Waals surface area contributed by atoms with Gasteiger partial charge in [-0.1, -0.05) is 6.92 Å². The van der Waals surface area contributed by atoms with Crippen molar-refractivity contribution >= 4 is 46.5 Å². The Morgan fingerprint density at radius 2 is 1.97 bits per heavy atom. The summed E-state index contributed by atoms with van der Waals surface area (Å²) in [6, 6.07) is 3.44. The molecule has 2 aromatic rings. The largest absolute Gasteiger partial charge is 0.477 e. The summed E-state index contributed by atoms with van der Waals surface area (Å²) in [6.45, 7) is 7.53. The Labute approximate surface area is 185 Å². The zero-order chi connectivity index (χ0) is 19.3. The molecule has 1 saturated heterocycles. The first-order chi connectivity index (χ1) is 12.9. The molecule has 4 rings (SSSR count). The molecule has 160 valence electrons. The first-order valence-corrected chi connectivity index (χ1v) is 9.51. The SMILES string of the molecule is CCN1CCN(c2cc3c(cc2F)c(=O)c(C(=O)O)cn3C2CC2)CC1C.I.O. The van der Waals surface area contributed by atoms with Gasteiger partial charge in [0.2, 0.25) is 5.43 Å². The van der Waals surface area contributed by atoms with Crippen LogP contribution in [-0.4, -0.2) is 58.2 Å². The van der Waals surface area contributed by atoms with Crippen molar-refractivity contribution in [3.63, 3.8) is 0 Å². The Kier molecular flexibility index (Phi) is 7.28. The van der Waals surface area contributed by atoms with Gasteiger partial charge >= 0.3 is 5.97 Å². The number of piperazine rings is 1. The first-order valence-electron chi connectivity index (χ1n) is 9.51. The van der Waals surface area contributed by atoms with Gasteiger partial charge in [-0.3, -0.25) is 9.69 Å². The molecule has 2 fully saturated rings. The van der Waals surface area contributed by atoms with Crippen LogP contribution in [0.15, 0.2) is 23.1 Å². The Hall–Kier alpha value is -1.72. The molecule has 1 saturated carbocycles. The van der Waals surface area contributed by atoms with Gasteiger partial charge in [-0.2, -0.15) is 0 Å². The minimum atomic E-state index is -1.27. The molecule has 2 heterocycles. The monoisotopic (exact) mass is 519 g/mol. The predicted octanol–water partition coefficient (Wildman–Crippen LogP) is 2.50. The number of carbonyl (C=O) groups is 1. The molecule has 29 heavy (non-hydrogen) atoms. The van der Waals surface area contributed by atoms with E-state index in [0.717, 1.165) is 39.0 Å². The lowest BCUT2D eigenvalue weighted by atomic mass is 10.1. The van der Waals surface area contributed by atoms with Gasteiger partial charge < -0.3 is 20.0 Å². The number of pyridine rings is 1. The summed E-state index contributed by atoms with van der Waals surface area (Å²) in [4.78, 5) is 28.4. The second kappa shape index (κ2) is 8.97. The molecule has 1 atom stereocenters. The number of hydrogen-bond acceptors (Lipinski definition) is 4. The number of fused-ring (bicyclic) bond motifs is 1. The van der Waals surface area contributed by atoms with E-state index in [2.05, 4.69) is 18.7 Å². The molecule has 0 spiro atoms. The van der Waals surface area contributed by atoms with Gasteiger partial charge in [-0.15, -0.1) is 24.0 Å². The number of rotatable bonds is 4. The van der Waals surface area contributed by atoms with Crippen molar-refractivity contribution in [2.75, 3.05) is 31.1 Å². The second-order valence-electron chi connectivity index (χ2n) is 7.56. The van der Waals surface area contributed by atoms with E-state index in [-0.39, 0.29) is 46.4 Å². The van der Waals surface area contributed by atoms with Crippen molar-refractivity contribution in [1.29, 1.82) is 0 Å². The molecule has 1 aliphatic heterocycles. The van der Waals surface area contributed by atoms with Crippen LogP contribution in [0, 0.1) is 5.82 Å². The second-order valence-corrected chi connectivity index (χ2v) is 7.56. The van der Waals surface area contributed by atoms with E-state index < -0.39 is 17.2 Å². The van der Waals surface area contributed by atoms with Crippen LogP contribution in [0.4, 0.5) is 10.1 Å². The zero-order valence-electron chi connectivity index (χ0n) is 16.5. The number of benzene rings is 1. The minimum Gasteiger partial charge on any atom is -0.477 e. The fraction of sp³-hybridized carbons (Fsp3) is 0.500. The number of halogens is 2. The van der Waals surface area contributed by atoms with E-state index in [1.807, 2.05) is 9.47 Å². The van der Waals surface area contributed by atoms with Crippen molar-refractivity contribution in [2.45, 2.75) is 38.8 Å². The third kappa shape index (κ3) is 4.26. The highest BCUT2D eigenvalue weighted by Gasteiger charge is 2.29. The van der Waals surface area contributed by atoms with Crippen LogP contribution in [-0.2, 0) is 0 Å². The summed E-state index contributed by atoms with van der Waals surface area (Å²) in [5.74, 6) is -1.74. The van der Waals surface area contributed by atoms with Crippen LogP contribution in [0.1, 0.15) is 43.1 Å². The van der Waals surface area contributed by atoms with Crippen LogP contribution in [0.2, 0.25) is 0 Å². The quantitative estimate of drug-likeness (QED) is 0.627. The smallest absolute Gasteiger partial charge is 0.341 e. The van der Waals surface area contributed by atoms with Crippen LogP contribution in [0.3, 0.4) is 0 Å². The lowest BCUT2D eigenvalue weighted by molar-refractivity contribution is 0.0695. The highest BCUT2D eigenvalue weighted by Crippen LogP contribution is 2.38. The van der Waals surface area contributed by atoms with Gasteiger partial charge in [-0.25, -0.2) is 9.18 Å². The predicted molar refractivity (Wildman–Crippen MR) is 121 cm³/mol. The van der Waals surface area contributed by atoms with Crippen molar-refractivity contribution in [3.8, 4) is 0 Å². The Morgan fingerprint density at radius 3 is 2.52 bits per heavy atom. The molecule has 2 aliphatic rings. The van der Waals surface area contributed by atoms with E-state index >= 15 is 0 Å². The third-order valence-electron chi connectivity index (χ3n) is 5.78. The molecule has 3 N–H and O–H groups in total. The van der Waals surface area contributed by atoms with E-state index in [9.17, 15) is 19.1 Å². The Bertz CT molecular complexity index is 976. The number of aromatic carboxylic acids is 1. The third-order valence-corrected chi connectivity index (χ3v) is 5.78. The molecule has 0 amide bonds. The topological polar surface area (TPSA) is 97.3 Å². The number of aromatic nitrogens is 1. The van der Waals surface area contributed by atoms with Crippen LogP contribution in [0.25, 0.3) is 10.9 Å². The fourth-order valence-electron chi connectivity index (χ4n) is 4.09. The van der Waals surface area contributed by atoms with Crippen LogP contribution < -0.4 is 10.3 Å². The Morgan fingerprint density at radius 1 is 1.28 bits per heavy atom. The maximum atomic E-state index is 14.9. The van der Waals surface area contributed by atoms with Crippen molar-refractivity contribution in [3.05, 3.63) is 39.9 Å². The Balaban J connectivity index is 0.00000150. The lowest BCUT2D eigenvalue weighted by Crippen LogP contribution is -2.52. The minimum absolute atomic E-state index is 0. The normalized spacial score (nSPS) is 19.6. The van der Waals surface area contributed by atoms with Gasteiger partial charge in [0.25, 0.3) is 0 Å². The summed E-state index contributed by atoms with van der Waals surface area (Å²) >= 11 is 0. The van der Waals surface area contributed by atoms with E-state index in [1.165, 1.54) is 12.3 Å². The van der Waals surface area contributed by atoms with E-state index in [1.54, 1.807) is 6.07 Å². The van der Waals surface area contributed by atoms with Gasteiger partial charge in [0.1, 0.15) is 11.4 Å². The van der Waals surface area contributed by atoms with Crippen molar-refractivity contribution in [2.24, 2.45) is 0 Å². The maximum absolute atomic E-state index is 14.9. The molecule has 1 unspecified atom stereocenters. The summed E-state index contributed by atoms with van der Waals surface area (Å²) in [7, 11) is 0. The number of carboxylic acids is 1. The molecule has 1 aromatic heterocycles. The molecule has 0 radical (unpaired) electrons. The number of carboxylic acid groups (broad SMARTS) is 1. The standard InChI is InChI=1S/C20H24FN3O3.HI.H2O/c1-3-22-6-7-23(10-12(22)2)18-9-17-14(8-16(18)21)19(25)15(20(26)27)11-24(17)13-4-5-13;;/h8-9,11-13H,3-7,10H2,1-2H3,(H,26,27);1H;1H2. The van der Waals surface area contributed by atoms with Crippen LogP contribution in [0.5, 0.6) is 0 Å². The van der Waals surface area contributed by atoms with Gasteiger partial charge in [0, 0.05) is 43.3 Å². The average Bonchev–Trinajstić information content (AvgIpc) is 3.46. The van der Waals surface area contributed by atoms with Gasteiger partial charge in [0.15, 0.2) is 0 Å². The lowest BCUT2D eigenvalue weighted by Gasteiger charge is -2.40. The first kappa shape index (κ1) is 23.6. The molecule has 1 aliphatic carbocycles. The van der Waals surface area contributed by atoms with Crippen LogP contribution >= 0.6 is 24.0 Å². The number of anilines is 1. The number of nitrogens with zero attached hydrogens (tertiary/aromatic N) is 3. The summed E-state index contributed by atoms with van der Waals surface area (Å²) < 4.78 is 16.8. The number of likely N-dealkylation sites (N-methyl/N-ethyl adjacent to an activating group) is 1. The molecule has 1 aromatic carbocycles. The van der Waals surface area contributed by atoms with E-state index in [4.69, 9.17) is 0 Å². The highest BCUT2D eigenvalue weighted by atomic mass is 127. The average molecular weight is 519 g/mol. The summed E-state index contributed by atoms with van der Waals surface area (Å²) in [5.41, 5.74) is 0.187. The molecule has 9 heteroatoms. The highest BCUT2D eigenvalue weighted by molar-refractivity contribution is 14.0. The maximum Gasteiger partial charge on any atom is 0.341 e.